The molecule has 7 heteroatoms. The van der Waals surface area contributed by atoms with Crippen molar-refractivity contribution in [2.45, 2.75) is 37.6 Å². The molecule has 0 fully saturated rings. The second-order valence-electron chi connectivity index (χ2n) is 6.61. The van der Waals surface area contributed by atoms with Gasteiger partial charge in [-0.25, -0.2) is 17.5 Å². The lowest BCUT2D eigenvalue weighted by Gasteiger charge is -2.29. The maximum Gasteiger partial charge on any atom is 0.258 e. The quantitative estimate of drug-likeness (QED) is 0.892. The Morgan fingerprint density at radius 1 is 1.19 bits per heavy atom. The number of benzene rings is 2. The van der Waals surface area contributed by atoms with Gasteiger partial charge in [0.1, 0.15) is 10.7 Å². The van der Waals surface area contributed by atoms with E-state index in [1.165, 1.54) is 6.07 Å². The van der Waals surface area contributed by atoms with Gasteiger partial charge in [0.05, 0.1) is 0 Å². The number of carbonyl (C=O) groups excluding carboxylic acids is 1. The molecule has 1 aliphatic heterocycles. The first kappa shape index (κ1) is 18.5. The van der Waals surface area contributed by atoms with Crippen molar-refractivity contribution in [2.24, 2.45) is 0 Å². The molecule has 1 N–H and O–H groups in total. The summed E-state index contributed by atoms with van der Waals surface area (Å²) in [6.45, 7) is 3.84. The fourth-order valence-electron chi connectivity index (χ4n) is 3.12. The summed E-state index contributed by atoms with van der Waals surface area (Å²) < 4.78 is 41.1. The predicted molar refractivity (Wildman–Crippen MR) is 98.3 cm³/mol. The van der Waals surface area contributed by atoms with Gasteiger partial charge < -0.3 is 4.90 Å². The Labute approximate surface area is 152 Å². The zero-order valence-electron chi connectivity index (χ0n) is 14.7. The fraction of sp³-hybridized carbons (Fsp3) is 0.316. The summed E-state index contributed by atoms with van der Waals surface area (Å²) in [5, 5.41) is 0. The van der Waals surface area contributed by atoms with E-state index >= 15 is 0 Å². The van der Waals surface area contributed by atoms with E-state index in [2.05, 4.69) is 4.72 Å². The van der Waals surface area contributed by atoms with Gasteiger partial charge in [-0.3, -0.25) is 4.79 Å². The largest absolute Gasteiger partial charge is 0.308 e. The van der Waals surface area contributed by atoms with Gasteiger partial charge in [-0.15, -0.1) is 0 Å². The number of sulfonamides is 1. The average Bonchev–Trinajstić information content (AvgIpc) is 2.60. The van der Waals surface area contributed by atoms with Crippen molar-refractivity contribution < 1.29 is 17.6 Å². The monoisotopic (exact) mass is 376 g/mol. The van der Waals surface area contributed by atoms with Crippen LogP contribution in [0.25, 0.3) is 0 Å². The smallest absolute Gasteiger partial charge is 0.258 e. The summed E-state index contributed by atoms with van der Waals surface area (Å²) in [5.41, 5.74) is 2.04. The second-order valence-corrected chi connectivity index (χ2v) is 8.29. The third kappa shape index (κ3) is 3.64. The number of hydrogen-bond acceptors (Lipinski definition) is 3. The molecule has 0 unspecified atom stereocenters. The van der Waals surface area contributed by atoms with E-state index in [9.17, 15) is 17.6 Å². The van der Waals surface area contributed by atoms with Crippen LogP contribution < -0.4 is 9.62 Å². The first-order valence-electron chi connectivity index (χ1n) is 8.51. The second kappa shape index (κ2) is 7.17. The van der Waals surface area contributed by atoms with Crippen LogP contribution in [0, 0.1) is 5.82 Å². The van der Waals surface area contributed by atoms with Crippen LogP contribution in [0.15, 0.2) is 47.4 Å². The number of halogens is 1. The van der Waals surface area contributed by atoms with Crippen LogP contribution in [0.5, 0.6) is 0 Å². The van der Waals surface area contributed by atoms with Crippen molar-refractivity contribution in [3.8, 4) is 0 Å². The van der Waals surface area contributed by atoms with Crippen LogP contribution in [0.1, 0.15) is 36.2 Å². The highest BCUT2D eigenvalue weighted by Crippen LogP contribution is 2.28. The Bertz CT molecular complexity index is 942. The fourth-order valence-corrected chi connectivity index (χ4v) is 4.47. The molecule has 138 valence electrons. The van der Waals surface area contributed by atoms with Crippen molar-refractivity contribution in [2.75, 3.05) is 11.4 Å². The first-order chi connectivity index (χ1) is 12.3. The van der Waals surface area contributed by atoms with Gasteiger partial charge in [0, 0.05) is 23.8 Å². The van der Waals surface area contributed by atoms with Gasteiger partial charge in [0.25, 0.3) is 5.91 Å². The minimum Gasteiger partial charge on any atom is -0.308 e. The van der Waals surface area contributed by atoms with E-state index in [1.54, 1.807) is 18.7 Å². The van der Waals surface area contributed by atoms with Crippen LogP contribution in [-0.4, -0.2) is 26.9 Å². The van der Waals surface area contributed by atoms with E-state index in [0.717, 1.165) is 36.2 Å². The number of para-hydroxylation sites is 1. The first-order valence-corrected chi connectivity index (χ1v) is 9.99. The van der Waals surface area contributed by atoms with E-state index < -0.39 is 20.7 Å². The summed E-state index contributed by atoms with van der Waals surface area (Å²) in [7, 11) is -4.03. The predicted octanol–water partition coefficient (Wildman–Crippen LogP) is 3.11. The molecule has 1 aliphatic rings. The van der Waals surface area contributed by atoms with Crippen molar-refractivity contribution >= 4 is 21.6 Å². The van der Waals surface area contributed by atoms with E-state index in [-0.39, 0.29) is 17.5 Å². The number of fused-ring (bicyclic) bond motifs is 1. The van der Waals surface area contributed by atoms with Crippen LogP contribution in [0.3, 0.4) is 0 Å². The molecule has 1 heterocycles. The van der Waals surface area contributed by atoms with E-state index in [0.29, 0.717) is 6.54 Å². The summed E-state index contributed by atoms with van der Waals surface area (Å²) in [6, 6.07) is 10.7. The zero-order valence-corrected chi connectivity index (χ0v) is 15.5. The lowest BCUT2D eigenvalue weighted by Crippen LogP contribution is -2.36. The molecule has 0 aromatic heterocycles. The van der Waals surface area contributed by atoms with E-state index in [4.69, 9.17) is 0 Å². The minimum absolute atomic E-state index is 0.146. The van der Waals surface area contributed by atoms with Gasteiger partial charge in [-0.05, 0) is 56.5 Å². The molecule has 0 atom stereocenters. The molecule has 0 bridgehead atoms. The molecule has 5 nitrogen and oxygen atoms in total. The lowest BCUT2D eigenvalue weighted by atomic mass is 10.0. The van der Waals surface area contributed by atoms with Crippen LogP contribution in [-0.2, 0) is 16.4 Å². The highest BCUT2D eigenvalue weighted by molar-refractivity contribution is 7.89. The molecular formula is C19H21FN2O3S. The third-order valence-corrected chi connectivity index (χ3v) is 5.89. The van der Waals surface area contributed by atoms with Crippen molar-refractivity contribution in [1.29, 1.82) is 0 Å². The summed E-state index contributed by atoms with van der Waals surface area (Å²) >= 11 is 0. The highest BCUT2D eigenvalue weighted by atomic mass is 32.2. The molecule has 2 aromatic carbocycles. The van der Waals surface area contributed by atoms with Gasteiger partial charge in [0.2, 0.25) is 10.0 Å². The molecule has 0 aliphatic carbocycles. The number of amides is 1. The molecule has 1 amide bonds. The van der Waals surface area contributed by atoms with Crippen molar-refractivity contribution in [3.63, 3.8) is 0 Å². The van der Waals surface area contributed by atoms with Crippen molar-refractivity contribution in [3.05, 3.63) is 59.4 Å². The van der Waals surface area contributed by atoms with Gasteiger partial charge in [0.15, 0.2) is 0 Å². The van der Waals surface area contributed by atoms with Crippen LogP contribution in [0.2, 0.25) is 0 Å². The number of nitrogens with one attached hydrogen (secondary N) is 1. The minimum atomic E-state index is -4.03. The molecule has 2 aromatic rings. The number of hydrogen-bond donors (Lipinski definition) is 1. The molecular weight excluding hydrogens is 355 g/mol. The molecule has 0 radical (unpaired) electrons. The number of nitrogens with zero attached hydrogens (tertiary/aromatic N) is 1. The van der Waals surface area contributed by atoms with Crippen LogP contribution >= 0.6 is 0 Å². The number of anilines is 1. The van der Waals surface area contributed by atoms with Crippen LogP contribution in [0.4, 0.5) is 10.1 Å². The lowest BCUT2D eigenvalue weighted by molar-refractivity contribution is 0.0985. The molecule has 0 spiro atoms. The average molecular weight is 376 g/mol. The molecule has 0 saturated heterocycles. The summed E-state index contributed by atoms with van der Waals surface area (Å²) in [6.07, 6.45) is 1.71. The van der Waals surface area contributed by atoms with Gasteiger partial charge >= 0.3 is 0 Å². The maximum atomic E-state index is 14.1. The SMILES string of the molecule is CC(C)NS(=O)(=O)c1cc(C(=O)N2CCCc3ccccc32)ccc1F. The highest BCUT2D eigenvalue weighted by Gasteiger charge is 2.26. The Morgan fingerprint density at radius 2 is 1.92 bits per heavy atom. The van der Waals surface area contributed by atoms with Gasteiger partial charge in [-0.2, -0.15) is 0 Å². The van der Waals surface area contributed by atoms with Crippen molar-refractivity contribution in [1.82, 2.24) is 4.72 Å². The normalized spacial score (nSPS) is 14.4. The number of carbonyl (C=O) groups is 1. The Balaban J connectivity index is 1.99. The Kier molecular flexibility index (Phi) is 5.11. The molecule has 0 saturated carbocycles. The zero-order chi connectivity index (χ0) is 18.9. The Hall–Kier alpha value is -2.25. The third-order valence-electron chi connectivity index (χ3n) is 4.21. The number of aryl methyl sites for hydroxylation is 1. The molecule has 26 heavy (non-hydrogen) atoms. The maximum absolute atomic E-state index is 14.1. The molecule has 3 rings (SSSR count). The van der Waals surface area contributed by atoms with E-state index in [1.807, 2.05) is 24.3 Å². The summed E-state index contributed by atoms with van der Waals surface area (Å²) in [4.78, 5) is 14.1. The van der Waals surface area contributed by atoms with Gasteiger partial charge in [-0.1, -0.05) is 18.2 Å². The Morgan fingerprint density at radius 3 is 2.65 bits per heavy atom. The standard InChI is InChI=1S/C19H21FN2O3S/c1-13(2)21-26(24,25)18-12-15(9-10-16(18)20)19(23)22-11-5-7-14-6-3-4-8-17(14)22/h3-4,6,8-10,12-13,21H,5,7,11H2,1-2H3. The summed E-state index contributed by atoms with van der Waals surface area (Å²) in [5.74, 6) is -1.22. The topological polar surface area (TPSA) is 66.5 Å². The number of rotatable bonds is 4.